The molecule has 0 bridgehead atoms. The van der Waals surface area contributed by atoms with Gasteiger partial charge in [0.2, 0.25) is 0 Å². The largest absolute Gasteiger partial charge is 0.493 e. The standard InChI is InChI=1S/C16H15BrN2O6/c17-11-3-1-4-12(9-11)23-8-6-15(21)25-10-14(20)18-19-16(22)13-5-2-7-24-13/h1-5,7,9H,6,8,10H2,(H,18,20)(H,19,22). The molecule has 2 N–H and O–H groups in total. The number of ether oxygens (including phenoxy) is 2. The van der Waals surface area contributed by atoms with Crippen LogP contribution in [0, 0.1) is 0 Å². The maximum absolute atomic E-state index is 11.5. The van der Waals surface area contributed by atoms with Crippen LogP contribution in [0.25, 0.3) is 0 Å². The molecule has 0 radical (unpaired) electrons. The molecule has 2 aromatic rings. The molecule has 0 spiro atoms. The number of halogens is 1. The van der Waals surface area contributed by atoms with Crippen LogP contribution in [-0.4, -0.2) is 31.0 Å². The van der Waals surface area contributed by atoms with Gasteiger partial charge in [0, 0.05) is 4.47 Å². The van der Waals surface area contributed by atoms with E-state index in [1.165, 1.54) is 18.4 Å². The first-order valence-electron chi connectivity index (χ1n) is 7.21. The van der Waals surface area contributed by atoms with Gasteiger partial charge in [-0.15, -0.1) is 0 Å². The Labute approximate surface area is 151 Å². The van der Waals surface area contributed by atoms with E-state index in [9.17, 15) is 14.4 Å². The fourth-order valence-corrected chi connectivity index (χ4v) is 2.04. The SMILES string of the molecule is O=C(COC(=O)CCOc1cccc(Br)c1)NNC(=O)c1ccco1. The van der Waals surface area contributed by atoms with E-state index in [4.69, 9.17) is 13.9 Å². The van der Waals surface area contributed by atoms with Crippen LogP contribution < -0.4 is 15.6 Å². The molecule has 0 unspecified atom stereocenters. The quantitative estimate of drug-likeness (QED) is 0.532. The molecule has 0 saturated carbocycles. The van der Waals surface area contributed by atoms with Gasteiger partial charge >= 0.3 is 11.9 Å². The van der Waals surface area contributed by atoms with Crippen molar-refractivity contribution in [1.82, 2.24) is 10.9 Å². The Balaban J connectivity index is 1.59. The molecule has 0 fully saturated rings. The highest BCUT2D eigenvalue weighted by Crippen LogP contribution is 2.17. The molecule has 0 aliphatic carbocycles. The molecule has 9 heteroatoms. The van der Waals surface area contributed by atoms with Crippen molar-refractivity contribution in [3.63, 3.8) is 0 Å². The van der Waals surface area contributed by atoms with Crippen molar-refractivity contribution in [3.8, 4) is 5.75 Å². The Bertz CT molecular complexity index is 732. The molecule has 8 nitrogen and oxygen atoms in total. The van der Waals surface area contributed by atoms with E-state index < -0.39 is 24.4 Å². The zero-order chi connectivity index (χ0) is 18.1. The average molecular weight is 411 g/mol. The van der Waals surface area contributed by atoms with Crippen molar-refractivity contribution in [2.24, 2.45) is 0 Å². The van der Waals surface area contributed by atoms with Crippen molar-refractivity contribution in [2.75, 3.05) is 13.2 Å². The third-order valence-electron chi connectivity index (χ3n) is 2.80. The molecule has 0 saturated heterocycles. The molecular weight excluding hydrogens is 396 g/mol. The van der Waals surface area contributed by atoms with Gasteiger partial charge in [-0.1, -0.05) is 22.0 Å². The Hall–Kier alpha value is -2.81. The molecule has 1 heterocycles. The van der Waals surface area contributed by atoms with Crippen LogP contribution in [0.15, 0.2) is 51.6 Å². The number of esters is 1. The van der Waals surface area contributed by atoms with E-state index in [2.05, 4.69) is 26.8 Å². The first-order valence-corrected chi connectivity index (χ1v) is 8.00. The van der Waals surface area contributed by atoms with E-state index in [1.54, 1.807) is 18.2 Å². The van der Waals surface area contributed by atoms with Gasteiger partial charge in [0.05, 0.1) is 19.3 Å². The predicted octanol–water partition coefficient (Wildman–Crippen LogP) is 1.82. The second-order valence-corrected chi connectivity index (χ2v) is 5.61. The number of hydrogen-bond donors (Lipinski definition) is 2. The molecule has 25 heavy (non-hydrogen) atoms. The summed E-state index contributed by atoms with van der Waals surface area (Å²) in [6, 6.07) is 10.1. The Morgan fingerprint density at radius 3 is 2.68 bits per heavy atom. The van der Waals surface area contributed by atoms with Crippen LogP contribution in [0.5, 0.6) is 5.75 Å². The summed E-state index contributed by atoms with van der Waals surface area (Å²) in [5.41, 5.74) is 4.23. The molecular formula is C16H15BrN2O6. The molecule has 132 valence electrons. The van der Waals surface area contributed by atoms with E-state index in [1.807, 2.05) is 6.07 Å². The molecule has 0 aliphatic rings. The number of benzene rings is 1. The normalized spacial score (nSPS) is 9.96. The first-order chi connectivity index (χ1) is 12.0. The molecule has 0 atom stereocenters. The summed E-state index contributed by atoms with van der Waals surface area (Å²) in [6.07, 6.45) is 1.31. The van der Waals surface area contributed by atoms with Gasteiger partial charge in [-0.3, -0.25) is 25.2 Å². The summed E-state index contributed by atoms with van der Waals surface area (Å²) in [5.74, 6) is -1.24. The summed E-state index contributed by atoms with van der Waals surface area (Å²) >= 11 is 3.31. The summed E-state index contributed by atoms with van der Waals surface area (Å²) < 4.78 is 15.9. The second-order valence-electron chi connectivity index (χ2n) is 4.70. The van der Waals surface area contributed by atoms with E-state index in [0.29, 0.717) is 5.75 Å². The molecule has 2 amide bonds. The van der Waals surface area contributed by atoms with Crippen molar-refractivity contribution in [3.05, 3.63) is 52.9 Å². The van der Waals surface area contributed by atoms with Crippen LogP contribution >= 0.6 is 15.9 Å². The Morgan fingerprint density at radius 1 is 1.12 bits per heavy atom. The lowest BCUT2D eigenvalue weighted by atomic mass is 10.3. The Morgan fingerprint density at radius 2 is 1.96 bits per heavy atom. The Kier molecular flexibility index (Phi) is 7.02. The van der Waals surface area contributed by atoms with Crippen LogP contribution in [0.1, 0.15) is 17.0 Å². The zero-order valence-corrected chi connectivity index (χ0v) is 14.6. The maximum Gasteiger partial charge on any atom is 0.309 e. The minimum atomic E-state index is -0.679. The highest BCUT2D eigenvalue weighted by molar-refractivity contribution is 9.10. The van der Waals surface area contributed by atoms with Gasteiger partial charge in [0.25, 0.3) is 5.91 Å². The average Bonchev–Trinajstić information content (AvgIpc) is 3.12. The van der Waals surface area contributed by atoms with Crippen molar-refractivity contribution >= 4 is 33.7 Å². The number of rotatable bonds is 7. The lowest BCUT2D eigenvalue weighted by molar-refractivity contribution is -0.149. The van der Waals surface area contributed by atoms with E-state index in [0.717, 1.165) is 4.47 Å². The van der Waals surface area contributed by atoms with Crippen LogP contribution in [-0.2, 0) is 14.3 Å². The highest BCUT2D eigenvalue weighted by Gasteiger charge is 2.11. The maximum atomic E-state index is 11.5. The summed E-state index contributed by atoms with van der Waals surface area (Å²) in [6.45, 7) is -0.402. The number of amides is 2. The van der Waals surface area contributed by atoms with Gasteiger partial charge in [0.15, 0.2) is 12.4 Å². The van der Waals surface area contributed by atoms with Gasteiger partial charge in [-0.2, -0.15) is 0 Å². The van der Waals surface area contributed by atoms with Crippen molar-refractivity contribution in [2.45, 2.75) is 6.42 Å². The predicted molar refractivity (Wildman–Crippen MR) is 89.5 cm³/mol. The van der Waals surface area contributed by atoms with Crippen LogP contribution in [0.4, 0.5) is 0 Å². The number of carbonyl (C=O) groups is 3. The van der Waals surface area contributed by atoms with Crippen LogP contribution in [0.3, 0.4) is 0 Å². The topological polar surface area (TPSA) is 107 Å². The van der Waals surface area contributed by atoms with Crippen LogP contribution in [0.2, 0.25) is 0 Å². The fourth-order valence-electron chi connectivity index (χ4n) is 1.66. The summed E-state index contributed by atoms with van der Waals surface area (Å²) in [5, 5.41) is 0. The lowest BCUT2D eigenvalue weighted by Crippen LogP contribution is -2.43. The number of hydrazine groups is 1. The zero-order valence-electron chi connectivity index (χ0n) is 13.0. The molecule has 1 aromatic heterocycles. The first kappa shape index (κ1) is 18.5. The van der Waals surface area contributed by atoms with E-state index >= 15 is 0 Å². The third-order valence-corrected chi connectivity index (χ3v) is 3.29. The van der Waals surface area contributed by atoms with Gasteiger partial charge in [-0.05, 0) is 30.3 Å². The number of carbonyl (C=O) groups excluding carboxylic acids is 3. The summed E-state index contributed by atoms with van der Waals surface area (Å²) in [4.78, 5) is 34.5. The van der Waals surface area contributed by atoms with E-state index in [-0.39, 0.29) is 18.8 Å². The minimum Gasteiger partial charge on any atom is -0.493 e. The lowest BCUT2D eigenvalue weighted by Gasteiger charge is -2.08. The minimum absolute atomic E-state index is 0.0153. The van der Waals surface area contributed by atoms with Gasteiger partial charge in [0.1, 0.15) is 5.75 Å². The molecule has 2 rings (SSSR count). The number of nitrogens with one attached hydrogen (secondary N) is 2. The fraction of sp³-hybridized carbons (Fsp3) is 0.188. The third kappa shape index (κ3) is 6.68. The smallest absolute Gasteiger partial charge is 0.309 e. The van der Waals surface area contributed by atoms with Gasteiger partial charge < -0.3 is 13.9 Å². The molecule has 1 aromatic carbocycles. The summed E-state index contributed by atoms with van der Waals surface area (Å²) in [7, 11) is 0. The highest BCUT2D eigenvalue weighted by atomic mass is 79.9. The van der Waals surface area contributed by atoms with Crippen molar-refractivity contribution in [1.29, 1.82) is 0 Å². The van der Waals surface area contributed by atoms with Gasteiger partial charge in [-0.25, -0.2) is 0 Å². The second kappa shape index (κ2) is 9.48. The molecule has 0 aliphatic heterocycles. The monoisotopic (exact) mass is 410 g/mol. The van der Waals surface area contributed by atoms with Crippen molar-refractivity contribution < 1.29 is 28.3 Å². The number of furan rings is 1. The number of hydrogen-bond acceptors (Lipinski definition) is 6.